The first-order valence-electron chi connectivity index (χ1n) is 10.7. The van der Waals surface area contributed by atoms with Crippen molar-refractivity contribution in [1.29, 1.82) is 0 Å². The molecule has 3 heterocycles. The molecule has 31 heavy (non-hydrogen) atoms. The number of fused-ring (bicyclic) bond motifs is 1. The smallest absolute Gasteiger partial charge is 0.303 e. The number of aliphatic carboxylic acids is 1. The van der Waals surface area contributed by atoms with E-state index in [0.29, 0.717) is 30.8 Å². The molecule has 0 spiro atoms. The number of carboxylic acids is 1. The molecule has 0 fully saturated rings. The lowest BCUT2D eigenvalue weighted by Gasteiger charge is -2.22. The quantitative estimate of drug-likeness (QED) is 0.455. The standard InChI is InChI=1S/C22H29F2N5O2/c1-25-21-27-13-17(14-28-21)16(11-19(30)31)12-22(23,24)9-3-2-6-18-8-7-15-5-4-10-26-20(15)29-18/h7-8,13-14,16H,2-6,9-12H2,1H3,(H,26,29)(H,30,31)(H,25,27,28). The number of pyridine rings is 1. The molecule has 2 aromatic rings. The van der Waals surface area contributed by atoms with Gasteiger partial charge >= 0.3 is 5.97 Å². The Morgan fingerprint density at radius 3 is 2.77 bits per heavy atom. The van der Waals surface area contributed by atoms with Crippen LogP contribution in [0.1, 0.15) is 61.3 Å². The average molecular weight is 434 g/mol. The van der Waals surface area contributed by atoms with Crippen LogP contribution < -0.4 is 10.6 Å². The van der Waals surface area contributed by atoms with Gasteiger partial charge in [0.15, 0.2) is 0 Å². The third kappa shape index (κ3) is 6.83. The summed E-state index contributed by atoms with van der Waals surface area (Å²) in [6.45, 7) is 0.913. The van der Waals surface area contributed by atoms with Crippen molar-refractivity contribution in [3.63, 3.8) is 0 Å². The van der Waals surface area contributed by atoms with Crippen LogP contribution in [-0.4, -0.2) is 45.5 Å². The molecule has 9 heteroatoms. The number of aromatic nitrogens is 3. The highest BCUT2D eigenvalue weighted by atomic mass is 19.3. The minimum Gasteiger partial charge on any atom is -0.481 e. The minimum absolute atomic E-state index is 0.290. The summed E-state index contributed by atoms with van der Waals surface area (Å²) in [6, 6.07) is 4.04. The molecular weight excluding hydrogens is 404 g/mol. The molecule has 0 bridgehead atoms. The molecule has 0 amide bonds. The topological polar surface area (TPSA) is 100 Å². The number of hydrogen-bond acceptors (Lipinski definition) is 6. The van der Waals surface area contributed by atoms with Crippen LogP contribution in [0, 0.1) is 0 Å². The van der Waals surface area contributed by atoms with Gasteiger partial charge in [0.2, 0.25) is 11.9 Å². The Balaban J connectivity index is 1.52. The first kappa shape index (κ1) is 22.8. The highest BCUT2D eigenvalue weighted by Gasteiger charge is 2.34. The number of nitrogens with zero attached hydrogens (tertiary/aromatic N) is 3. The molecule has 168 valence electrons. The van der Waals surface area contributed by atoms with Gasteiger partial charge in [0.05, 0.1) is 6.42 Å². The van der Waals surface area contributed by atoms with Crippen molar-refractivity contribution < 1.29 is 18.7 Å². The van der Waals surface area contributed by atoms with E-state index in [1.807, 2.05) is 6.07 Å². The van der Waals surface area contributed by atoms with Crippen molar-refractivity contribution in [2.45, 2.75) is 63.2 Å². The molecule has 0 saturated carbocycles. The molecule has 3 N–H and O–H groups in total. The molecule has 0 aromatic carbocycles. The van der Waals surface area contributed by atoms with Gasteiger partial charge in [0, 0.05) is 50.4 Å². The van der Waals surface area contributed by atoms with Crippen molar-refractivity contribution in [1.82, 2.24) is 15.0 Å². The Hall–Kier alpha value is -2.84. The maximum Gasteiger partial charge on any atom is 0.303 e. The largest absolute Gasteiger partial charge is 0.481 e. The van der Waals surface area contributed by atoms with E-state index in [-0.39, 0.29) is 12.8 Å². The van der Waals surface area contributed by atoms with Crippen LogP contribution in [0.25, 0.3) is 0 Å². The molecule has 1 aliphatic rings. The van der Waals surface area contributed by atoms with Gasteiger partial charge in [-0.15, -0.1) is 0 Å². The summed E-state index contributed by atoms with van der Waals surface area (Å²) >= 11 is 0. The van der Waals surface area contributed by atoms with Gasteiger partial charge in [-0.05, 0) is 49.3 Å². The van der Waals surface area contributed by atoms with Crippen molar-refractivity contribution >= 4 is 17.7 Å². The van der Waals surface area contributed by atoms with Gasteiger partial charge in [-0.1, -0.05) is 6.07 Å². The number of rotatable bonds is 11. The zero-order chi connectivity index (χ0) is 22.3. The SMILES string of the molecule is CNc1ncc(C(CC(=O)O)CC(F)(F)CCCCc2ccc3c(n2)NCCC3)cn1. The second-order valence-corrected chi connectivity index (χ2v) is 7.99. The van der Waals surface area contributed by atoms with Crippen molar-refractivity contribution in [3.8, 4) is 0 Å². The van der Waals surface area contributed by atoms with Crippen LogP contribution in [0.5, 0.6) is 0 Å². The fraction of sp³-hybridized carbons (Fsp3) is 0.545. The number of aryl methyl sites for hydroxylation is 2. The number of unbranched alkanes of at least 4 members (excludes halogenated alkanes) is 1. The Morgan fingerprint density at radius 1 is 1.29 bits per heavy atom. The molecular formula is C22H29F2N5O2. The van der Waals surface area contributed by atoms with Gasteiger partial charge < -0.3 is 15.7 Å². The van der Waals surface area contributed by atoms with E-state index >= 15 is 0 Å². The Kier molecular flexibility index (Phi) is 7.70. The molecule has 1 atom stereocenters. The zero-order valence-electron chi connectivity index (χ0n) is 17.7. The molecule has 3 rings (SSSR count). The average Bonchev–Trinajstić information content (AvgIpc) is 2.76. The molecule has 0 aliphatic carbocycles. The van der Waals surface area contributed by atoms with E-state index in [1.165, 1.54) is 18.0 Å². The lowest BCUT2D eigenvalue weighted by molar-refractivity contribution is -0.138. The molecule has 2 aromatic heterocycles. The molecule has 1 aliphatic heterocycles. The summed E-state index contributed by atoms with van der Waals surface area (Å²) in [7, 11) is 1.65. The fourth-order valence-electron chi connectivity index (χ4n) is 3.86. The second-order valence-electron chi connectivity index (χ2n) is 7.99. The molecule has 0 radical (unpaired) electrons. The Morgan fingerprint density at radius 2 is 2.06 bits per heavy atom. The molecule has 7 nitrogen and oxygen atoms in total. The molecule has 0 saturated heterocycles. The highest BCUT2D eigenvalue weighted by Crippen LogP contribution is 2.35. The van der Waals surface area contributed by atoms with Gasteiger partial charge in [0.25, 0.3) is 0 Å². The van der Waals surface area contributed by atoms with Crippen LogP contribution in [-0.2, 0) is 17.6 Å². The molecule has 1 unspecified atom stereocenters. The summed E-state index contributed by atoms with van der Waals surface area (Å²) in [5, 5.41) is 15.2. The van der Waals surface area contributed by atoms with E-state index in [1.54, 1.807) is 7.05 Å². The van der Waals surface area contributed by atoms with Crippen LogP contribution in [0.15, 0.2) is 24.5 Å². The Bertz CT molecular complexity index is 877. The number of anilines is 2. The first-order valence-corrected chi connectivity index (χ1v) is 10.7. The van der Waals surface area contributed by atoms with Crippen molar-refractivity contribution in [2.24, 2.45) is 0 Å². The second kappa shape index (κ2) is 10.5. The minimum atomic E-state index is -2.97. The maximum atomic E-state index is 14.6. The monoisotopic (exact) mass is 433 g/mol. The van der Waals surface area contributed by atoms with Gasteiger partial charge in [-0.3, -0.25) is 4.79 Å². The summed E-state index contributed by atoms with van der Waals surface area (Å²) < 4.78 is 29.3. The van der Waals surface area contributed by atoms with Crippen LogP contribution in [0.4, 0.5) is 20.5 Å². The number of carboxylic acid groups (broad SMARTS) is 1. The van der Waals surface area contributed by atoms with Gasteiger partial charge in [0.1, 0.15) is 5.82 Å². The fourth-order valence-corrected chi connectivity index (χ4v) is 3.86. The summed E-state index contributed by atoms with van der Waals surface area (Å²) in [4.78, 5) is 23.8. The Labute approximate surface area is 180 Å². The highest BCUT2D eigenvalue weighted by molar-refractivity contribution is 5.68. The normalized spacial score (nSPS) is 14.4. The summed E-state index contributed by atoms with van der Waals surface area (Å²) in [5.74, 6) is -3.66. The van der Waals surface area contributed by atoms with Gasteiger partial charge in [-0.25, -0.2) is 23.7 Å². The zero-order valence-corrected chi connectivity index (χ0v) is 17.7. The summed E-state index contributed by atoms with van der Waals surface area (Å²) in [6.07, 6.45) is 5.31. The van der Waals surface area contributed by atoms with E-state index in [2.05, 4.69) is 31.7 Å². The van der Waals surface area contributed by atoms with Crippen LogP contribution >= 0.6 is 0 Å². The number of nitrogens with one attached hydrogen (secondary N) is 2. The van der Waals surface area contributed by atoms with E-state index in [0.717, 1.165) is 30.9 Å². The predicted octanol–water partition coefficient (Wildman–Crippen LogP) is 4.27. The number of hydrogen-bond donors (Lipinski definition) is 3. The maximum absolute atomic E-state index is 14.6. The number of halogens is 2. The van der Waals surface area contributed by atoms with E-state index in [9.17, 15) is 13.6 Å². The lowest BCUT2D eigenvalue weighted by atomic mass is 9.89. The van der Waals surface area contributed by atoms with Gasteiger partial charge in [-0.2, -0.15) is 0 Å². The van der Waals surface area contributed by atoms with E-state index < -0.39 is 24.2 Å². The summed E-state index contributed by atoms with van der Waals surface area (Å²) in [5.41, 5.74) is 2.52. The number of carbonyl (C=O) groups is 1. The number of alkyl halides is 2. The lowest BCUT2D eigenvalue weighted by Crippen LogP contribution is -2.22. The van der Waals surface area contributed by atoms with Crippen molar-refractivity contribution in [3.05, 3.63) is 41.3 Å². The predicted molar refractivity (Wildman–Crippen MR) is 115 cm³/mol. The van der Waals surface area contributed by atoms with Crippen LogP contribution in [0.3, 0.4) is 0 Å². The van der Waals surface area contributed by atoms with Crippen LogP contribution in [0.2, 0.25) is 0 Å². The third-order valence-electron chi connectivity index (χ3n) is 5.51. The third-order valence-corrected chi connectivity index (χ3v) is 5.51. The van der Waals surface area contributed by atoms with E-state index in [4.69, 9.17) is 5.11 Å². The van der Waals surface area contributed by atoms with Crippen molar-refractivity contribution in [2.75, 3.05) is 24.2 Å². The first-order chi connectivity index (χ1) is 14.9.